The van der Waals surface area contributed by atoms with Crippen molar-refractivity contribution >= 4 is 29.0 Å². The largest absolute Gasteiger partial charge is 0.390 e. The molecule has 0 aliphatic carbocycles. The van der Waals surface area contributed by atoms with Gasteiger partial charge < -0.3 is 5.11 Å². The second-order valence-electron chi connectivity index (χ2n) is 3.49. The smallest absolute Gasteiger partial charge is 0.124 e. The molecule has 1 aromatic carbocycles. The molecule has 2 nitrogen and oxygen atoms in total. The number of hydrogen-bond donors (Lipinski definition) is 1. The number of aliphatic hydroxyl groups excluding tert-OH is 1. The Morgan fingerprint density at radius 3 is 2.65 bits per heavy atom. The molecule has 0 saturated carbocycles. The summed E-state index contributed by atoms with van der Waals surface area (Å²) in [6.07, 6.45) is 3.90. The zero-order valence-corrected chi connectivity index (χ0v) is 10.9. The molecule has 0 amide bonds. The molecule has 0 aliphatic heterocycles. The van der Waals surface area contributed by atoms with Gasteiger partial charge in [-0.2, -0.15) is 0 Å². The fourth-order valence-corrected chi connectivity index (χ4v) is 2.65. The molecule has 0 atom stereocenters. The molecule has 0 saturated heterocycles. The Morgan fingerprint density at radius 2 is 2.06 bits per heavy atom. The molecule has 4 heteroatoms. The molecule has 0 fully saturated rings. The highest BCUT2D eigenvalue weighted by Gasteiger charge is 2.09. The molecule has 0 bridgehead atoms. The van der Waals surface area contributed by atoms with Gasteiger partial charge >= 0.3 is 0 Å². The lowest BCUT2D eigenvalue weighted by atomic mass is 10.2. The van der Waals surface area contributed by atoms with E-state index in [-0.39, 0.29) is 6.61 Å². The predicted octanol–water partition coefficient (Wildman–Crippen LogP) is 3.99. The van der Waals surface area contributed by atoms with Gasteiger partial charge in [0.25, 0.3) is 0 Å². The van der Waals surface area contributed by atoms with Crippen molar-refractivity contribution in [1.29, 1.82) is 0 Å². The van der Waals surface area contributed by atoms with Crippen LogP contribution in [-0.2, 0) is 6.61 Å². The maximum Gasteiger partial charge on any atom is 0.124 e. The third-order valence-corrected chi connectivity index (χ3v) is 3.65. The summed E-state index contributed by atoms with van der Waals surface area (Å²) in [5.74, 6) is 0. The van der Waals surface area contributed by atoms with E-state index in [2.05, 4.69) is 4.98 Å². The molecule has 0 aliphatic rings. The zero-order valence-electron chi connectivity index (χ0n) is 9.35. The number of thiazole rings is 1. The van der Waals surface area contributed by atoms with Gasteiger partial charge in [0.05, 0.1) is 17.2 Å². The van der Waals surface area contributed by atoms with Gasteiger partial charge in [0, 0.05) is 10.6 Å². The molecule has 88 valence electrons. The average Bonchev–Trinajstić information content (AvgIpc) is 2.74. The van der Waals surface area contributed by atoms with Crippen LogP contribution < -0.4 is 0 Å². The van der Waals surface area contributed by atoms with Crippen molar-refractivity contribution in [3.63, 3.8) is 0 Å². The van der Waals surface area contributed by atoms with E-state index >= 15 is 0 Å². The number of nitrogens with zero attached hydrogens (tertiary/aromatic N) is 1. The number of aliphatic hydroxyl groups is 1. The predicted molar refractivity (Wildman–Crippen MR) is 73.2 cm³/mol. The van der Waals surface area contributed by atoms with Gasteiger partial charge in [0.15, 0.2) is 0 Å². The van der Waals surface area contributed by atoms with Gasteiger partial charge in [-0.1, -0.05) is 29.8 Å². The fourth-order valence-electron chi connectivity index (χ4n) is 1.47. The highest BCUT2D eigenvalue weighted by atomic mass is 35.5. The lowest BCUT2D eigenvalue weighted by molar-refractivity contribution is 0.277. The summed E-state index contributed by atoms with van der Waals surface area (Å²) in [5.41, 5.74) is 1.74. The zero-order chi connectivity index (χ0) is 12.3. The molecule has 2 aromatic rings. The van der Waals surface area contributed by atoms with Crippen LogP contribution in [0.15, 0.2) is 30.3 Å². The van der Waals surface area contributed by atoms with Crippen molar-refractivity contribution in [1.82, 2.24) is 4.98 Å². The fraction of sp³-hybridized carbons (Fsp3) is 0.154. The number of benzene rings is 1. The minimum absolute atomic E-state index is 0.0379. The Bertz CT molecular complexity index is 531. The van der Waals surface area contributed by atoms with Crippen LogP contribution in [0.25, 0.3) is 16.6 Å². The van der Waals surface area contributed by atoms with Crippen molar-refractivity contribution in [3.8, 4) is 10.6 Å². The average molecular weight is 266 g/mol. The normalized spacial score (nSPS) is 11.2. The van der Waals surface area contributed by atoms with Crippen molar-refractivity contribution in [3.05, 3.63) is 45.9 Å². The Hall–Kier alpha value is -1.16. The SMILES string of the molecule is C/C=C/c1sc(-c2ccc(Cl)cc2)nc1CO. The standard InChI is InChI=1S/C13H12ClNOS/c1-2-3-12-11(8-16)15-13(17-12)9-4-6-10(14)7-5-9/h2-7,16H,8H2,1H3/b3-2+. The van der Waals surface area contributed by atoms with Crippen LogP contribution in [-0.4, -0.2) is 10.1 Å². The number of rotatable bonds is 3. The van der Waals surface area contributed by atoms with Crippen molar-refractivity contribution in [2.24, 2.45) is 0 Å². The molecule has 1 N–H and O–H groups in total. The highest BCUT2D eigenvalue weighted by molar-refractivity contribution is 7.16. The van der Waals surface area contributed by atoms with Gasteiger partial charge in [-0.05, 0) is 25.1 Å². The maximum absolute atomic E-state index is 9.24. The summed E-state index contributed by atoms with van der Waals surface area (Å²) in [6, 6.07) is 7.54. The van der Waals surface area contributed by atoms with Gasteiger partial charge in [-0.15, -0.1) is 11.3 Å². The molecule has 1 heterocycles. The number of aromatic nitrogens is 1. The molecule has 17 heavy (non-hydrogen) atoms. The number of halogens is 1. The monoisotopic (exact) mass is 265 g/mol. The Labute approximate surface area is 109 Å². The van der Waals surface area contributed by atoms with Crippen molar-refractivity contribution in [2.45, 2.75) is 13.5 Å². The third-order valence-electron chi connectivity index (χ3n) is 2.29. The van der Waals surface area contributed by atoms with Crippen LogP contribution in [0, 0.1) is 0 Å². The molecule has 1 aromatic heterocycles. The molecule has 0 spiro atoms. The topological polar surface area (TPSA) is 33.1 Å². The van der Waals surface area contributed by atoms with Crippen LogP contribution in [0.4, 0.5) is 0 Å². The van der Waals surface area contributed by atoms with E-state index in [0.29, 0.717) is 5.02 Å². The summed E-state index contributed by atoms with van der Waals surface area (Å²) in [5, 5.41) is 10.8. The lowest BCUT2D eigenvalue weighted by Crippen LogP contribution is -1.85. The molecule has 0 unspecified atom stereocenters. The first kappa shape index (κ1) is 12.3. The second kappa shape index (κ2) is 5.45. The van der Waals surface area contributed by atoms with E-state index in [1.807, 2.05) is 43.3 Å². The Balaban J connectivity index is 2.42. The summed E-state index contributed by atoms with van der Waals surface area (Å²) >= 11 is 7.41. The van der Waals surface area contributed by atoms with Crippen LogP contribution in [0.5, 0.6) is 0 Å². The molecular weight excluding hydrogens is 254 g/mol. The Morgan fingerprint density at radius 1 is 1.35 bits per heavy atom. The van der Waals surface area contributed by atoms with E-state index in [4.69, 9.17) is 11.6 Å². The van der Waals surface area contributed by atoms with Gasteiger partial charge in [0.1, 0.15) is 5.01 Å². The third kappa shape index (κ3) is 2.75. The molecule has 2 rings (SSSR count). The number of allylic oxidation sites excluding steroid dienone is 1. The second-order valence-corrected chi connectivity index (χ2v) is 4.96. The van der Waals surface area contributed by atoms with Crippen molar-refractivity contribution in [2.75, 3.05) is 0 Å². The van der Waals surface area contributed by atoms with Crippen molar-refractivity contribution < 1.29 is 5.11 Å². The van der Waals surface area contributed by atoms with E-state index < -0.39 is 0 Å². The van der Waals surface area contributed by atoms with Crippen LogP contribution >= 0.6 is 22.9 Å². The first-order chi connectivity index (χ1) is 8.24. The summed E-state index contributed by atoms with van der Waals surface area (Å²) < 4.78 is 0. The number of hydrogen-bond acceptors (Lipinski definition) is 3. The first-order valence-corrected chi connectivity index (χ1v) is 6.43. The van der Waals surface area contributed by atoms with Crippen LogP contribution in [0.2, 0.25) is 5.02 Å². The van der Waals surface area contributed by atoms with Gasteiger partial charge in [-0.25, -0.2) is 4.98 Å². The van der Waals surface area contributed by atoms with Crippen LogP contribution in [0.1, 0.15) is 17.5 Å². The van der Waals surface area contributed by atoms with Crippen LogP contribution in [0.3, 0.4) is 0 Å². The lowest BCUT2D eigenvalue weighted by Gasteiger charge is -1.95. The van der Waals surface area contributed by atoms with Gasteiger partial charge in [0.2, 0.25) is 0 Å². The summed E-state index contributed by atoms with van der Waals surface area (Å²) in [4.78, 5) is 5.42. The molecule has 0 radical (unpaired) electrons. The van der Waals surface area contributed by atoms with E-state index in [1.165, 1.54) is 0 Å². The minimum atomic E-state index is -0.0379. The molecular formula is C13H12ClNOS. The highest BCUT2D eigenvalue weighted by Crippen LogP contribution is 2.29. The quantitative estimate of drug-likeness (QED) is 0.910. The Kier molecular flexibility index (Phi) is 3.94. The van der Waals surface area contributed by atoms with Gasteiger partial charge in [-0.3, -0.25) is 0 Å². The van der Waals surface area contributed by atoms with E-state index in [0.717, 1.165) is 21.1 Å². The van der Waals surface area contributed by atoms with E-state index in [1.54, 1.807) is 11.3 Å². The minimum Gasteiger partial charge on any atom is -0.390 e. The summed E-state index contributed by atoms with van der Waals surface area (Å²) in [6.45, 7) is 1.91. The summed E-state index contributed by atoms with van der Waals surface area (Å²) in [7, 11) is 0. The maximum atomic E-state index is 9.24. The first-order valence-electron chi connectivity index (χ1n) is 5.23. The van der Waals surface area contributed by atoms with E-state index in [9.17, 15) is 5.11 Å².